The number of benzene rings is 2. The fraction of sp³-hybridized carbons (Fsp3) is 0.440. The molecule has 186 valence electrons. The Bertz CT molecular complexity index is 995. The Balaban J connectivity index is 2.40. The van der Waals surface area contributed by atoms with Crippen LogP contribution in [0.3, 0.4) is 0 Å². The number of amides is 2. The summed E-state index contributed by atoms with van der Waals surface area (Å²) in [7, 11) is 0. The van der Waals surface area contributed by atoms with Crippen LogP contribution in [0.15, 0.2) is 42.5 Å². The van der Waals surface area contributed by atoms with Gasteiger partial charge in [-0.2, -0.15) is 13.2 Å². The van der Waals surface area contributed by atoms with Gasteiger partial charge in [-0.3, -0.25) is 9.59 Å². The van der Waals surface area contributed by atoms with Crippen molar-refractivity contribution in [1.82, 2.24) is 5.32 Å². The summed E-state index contributed by atoms with van der Waals surface area (Å²) in [6.07, 6.45) is -5.44. The van der Waals surface area contributed by atoms with Crippen molar-refractivity contribution < 1.29 is 27.9 Å². The molecule has 9 heteroatoms. The maximum absolute atomic E-state index is 13.3. The first-order valence-corrected chi connectivity index (χ1v) is 11.2. The molecule has 0 spiro atoms. The molecule has 0 unspecified atom stereocenters. The average molecular weight is 480 g/mol. The molecule has 0 aliphatic rings. The van der Waals surface area contributed by atoms with Crippen LogP contribution in [0.25, 0.3) is 0 Å². The van der Waals surface area contributed by atoms with E-state index < -0.39 is 42.1 Å². The summed E-state index contributed by atoms with van der Waals surface area (Å²) in [5.74, 6) is -1.69. The standard InChI is InChI=1S/C25H32F3N3O3/c1-4-6-22(32)21(15-30-14-18-10-9-16(2)11-17(18)3)31(24(34)13-23(29)33)20-8-5-7-19(12-20)25(26,27)28/h5,7-12,21-22,30,32H,4,6,13-15H2,1-3H3,(H2,29,33)/t21-,22-/m0/s1. The van der Waals surface area contributed by atoms with E-state index in [0.717, 1.165) is 33.7 Å². The molecule has 0 radical (unpaired) electrons. The molecular weight excluding hydrogens is 447 g/mol. The zero-order chi connectivity index (χ0) is 25.5. The van der Waals surface area contributed by atoms with E-state index in [0.29, 0.717) is 19.4 Å². The highest BCUT2D eigenvalue weighted by atomic mass is 19.4. The molecule has 2 rings (SSSR count). The Labute approximate surface area is 197 Å². The van der Waals surface area contributed by atoms with Gasteiger partial charge in [0.05, 0.1) is 17.7 Å². The van der Waals surface area contributed by atoms with E-state index in [-0.39, 0.29) is 12.2 Å². The summed E-state index contributed by atoms with van der Waals surface area (Å²) in [6, 6.07) is 9.34. The van der Waals surface area contributed by atoms with E-state index >= 15 is 0 Å². The van der Waals surface area contributed by atoms with Gasteiger partial charge in [-0.15, -0.1) is 0 Å². The third-order valence-electron chi connectivity index (χ3n) is 5.57. The van der Waals surface area contributed by atoms with Gasteiger partial charge in [0.15, 0.2) is 0 Å². The molecule has 0 aliphatic heterocycles. The van der Waals surface area contributed by atoms with Gasteiger partial charge in [0.1, 0.15) is 6.42 Å². The number of primary amides is 1. The van der Waals surface area contributed by atoms with E-state index in [1.807, 2.05) is 39.0 Å². The van der Waals surface area contributed by atoms with Crippen LogP contribution < -0.4 is 16.0 Å². The van der Waals surface area contributed by atoms with Gasteiger partial charge in [-0.05, 0) is 49.6 Å². The first-order valence-electron chi connectivity index (χ1n) is 11.2. The van der Waals surface area contributed by atoms with Gasteiger partial charge in [0.25, 0.3) is 0 Å². The molecule has 0 aliphatic carbocycles. The van der Waals surface area contributed by atoms with Gasteiger partial charge in [-0.1, -0.05) is 43.2 Å². The maximum Gasteiger partial charge on any atom is 0.416 e. The molecule has 2 aromatic rings. The van der Waals surface area contributed by atoms with Gasteiger partial charge in [-0.25, -0.2) is 0 Å². The Hall–Kier alpha value is -2.91. The molecule has 2 aromatic carbocycles. The van der Waals surface area contributed by atoms with Crippen molar-refractivity contribution in [2.75, 3.05) is 11.4 Å². The topological polar surface area (TPSA) is 95.7 Å². The van der Waals surface area contributed by atoms with Crippen molar-refractivity contribution in [2.45, 2.75) is 64.9 Å². The molecule has 0 bridgehead atoms. The summed E-state index contributed by atoms with van der Waals surface area (Å²) < 4.78 is 40.0. The molecule has 4 N–H and O–H groups in total. The lowest BCUT2D eigenvalue weighted by atomic mass is 10.0. The Morgan fingerprint density at radius 3 is 2.44 bits per heavy atom. The second-order valence-electron chi connectivity index (χ2n) is 8.44. The number of anilines is 1. The monoisotopic (exact) mass is 479 g/mol. The Kier molecular flexibility index (Phi) is 9.64. The van der Waals surface area contributed by atoms with Crippen LogP contribution in [0.1, 0.15) is 48.4 Å². The van der Waals surface area contributed by atoms with Gasteiger partial charge in [0, 0.05) is 18.8 Å². The third kappa shape index (κ3) is 7.56. The number of alkyl halides is 3. The number of carbonyl (C=O) groups excluding carboxylic acids is 2. The molecule has 2 atom stereocenters. The number of aryl methyl sites for hydroxylation is 2. The van der Waals surface area contributed by atoms with Crippen LogP contribution in [0.2, 0.25) is 0 Å². The fourth-order valence-electron chi connectivity index (χ4n) is 3.87. The molecule has 0 saturated heterocycles. The van der Waals surface area contributed by atoms with Crippen LogP contribution in [0.5, 0.6) is 0 Å². The van der Waals surface area contributed by atoms with Crippen LogP contribution in [-0.4, -0.2) is 35.6 Å². The van der Waals surface area contributed by atoms with Gasteiger partial charge < -0.3 is 21.1 Å². The van der Waals surface area contributed by atoms with Crippen molar-refractivity contribution >= 4 is 17.5 Å². The number of hydrogen-bond acceptors (Lipinski definition) is 4. The predicted molar refractivity (Wildman–Crippen MR) is 125 cm³/mol. The number of aliphatic hydroxyl groups excluding tert-OH is 1. The van der Waals surface area contributed by atoms with Crippen molar-refractivity contribution in [3.05, 3.63) is 64.7 Å². The zero-order valence-corrected chi connectivity index (χ0v) is 19.7. The second-order valence-corrected chi connectivity index (χ2v) is 8.44. The minimum atomic E-state index is -4.62. The van der Waals surface area contributed by atoms with Crippen LogP contribution in [-0.2, 0) is 22.3 Å². The smallest absolute Gasteiger partial charge is 0.391 e. The van der Waals surface area contributed by atoms with Crippen molar-refractivity contribution in [2.24, 2.45) is 5.73 Å². The molecule has 34 heavy (non-hydrogen) atoms. The molecule has 2 amide bonds. The number of rotatable bonds is 11. The largest absolute Gasteiger partial charge is 0.416 e. The second kappa shape index (κ2) is 12.0. The van der Waals surface area contributed by atoms with Gasteiger partial charge >= 0.3 is 6.18 Å². The van der Waals surface area contributed by atoms with Crippen LogP contribution in [0.4, 0.5) is 18.9 Å². The lowest BCUT2D eigenvalue weighted by Gasteiger charge is -2.35. The van der Waals surface area contributed by atoms with E-state index in [4.69, 9.17) is 5.73 Å². The summed E-state index contributed by atoms with van der Waals surface area (Å²) in [6.45, 7) is 6.33. The Morgan fingerprint density at radius 2 is 1.85 bits per heavy atom. The fourth-order valence-corrected chi connectivity index (χ4v) is 3.87. The number of hydrogen-bond donors (Lipinski definition) is 3. The van der Waals surface area contributed by atoms with Crippen LogP contribution >= 0.6 is 0 Å². The zero-order valence-electron chi connectivity index (χ0n) is 19.7. The summed E-state index contributed by atoms with van der Waals surface area (Å²) in [5.41, 5.74) is 7.41. The summed E-state index contributed by atoms with van der Waals surface area (Å²) in [4.78, 5) is 25.5. The number of nitrogens with zero attached hydrogens (tertiary/aromatic N) is 1. The molecule has 6 nitrogen and oxygen atoms in total. The first kappa shape index (κ1) is 27.3. The number of carbonyl (C=O) groups is 2. The highest BCUT2D eigenvalue weighted by Gasteiger charge is 2.34. The lowest BCUT2D eigenvalue weighted by Crippen LogP contribution is -2.53. The minimum absolute atomic E-state index is 0.0606. The minimum Gasteiger partial charge on any atom is -0.391 e. The summed E-state index contributed by atoms with van der Waals surface area (Å²) >= 11 is 0. The summed E-state index contributed by atoms with van der Waals surface area (Å²) in [5, 5.41) is 14.1. The highest BCUT2D eigenvalue weighted by Crippen LogP contribution is 2.33. The van der Waals surface area contributed by atoms with E-state index in [1.54, 1.807) is 0 Å². The van der Waals surface area contributed by atoms with Crippen molar-refractivity contribution in [3.8, 4) is 0 Å². The number of aliphatic hydroxyl groups is 1. The SMILES string of the molecule is CCC[C@H](O)[C@H](CNCc1ccc(C)cc1C)N(C(=O)CC(N)=O)c1cccc(C(F)(F)F)c1. The molecule has 0 heterocycles. The maximum atomic E-state index is 13.3. The quantitative estimate of drug-likeness (QED) is 0.427. The van der Waals surface area contributed by atoms with Gasteiger partial charge in [0.2, 0.25) is 11.8 Å². The molecular formula is C25H32F3N3O3. The van der Waals surface area contributed by atoms with E-state index in [2.05, 4.69) is 5.32 Å². The predicted octanol–water partition coefficient (Wildman–Crippen LogP) is 3.85. The number of nitrogens with two attached hydrogens (primary N) is 1. The Morgan fingerprint density at radius 1 is 1.15 bits per heavy atom. The lowest BCUT2D eigenvalue weighted by molar-refractivity contribution is -0.137. The van der Waals surface area contributed by atoms with E-state index in [9.17, 15) is 27.9 Å². The van der Waals surface area contributed by atoms with E-state index in [1.165, 1.54) is 12.1 Å². The van der Waals surface area contributed by atoms with Crippen molar-refractivity contribution in [3.63, 3.8) is 0 Å². The normalized spacial score (nSPS) is 13.4. The third-order valence-corrected chi connectivity index (χ3v) is 5.57. The van der Waals surface area contributed by atoms with Crippen LogP contribution in [0, 0.1) is 13.8 Å². The number of halogens is 3. The first-order chi connectivity index (χ1) is 15.9. The molecule has 0 aromatic heterocycles. The molecule has 0 fully saturated rings. The highest BCUT2D eigenvalue weighted by molar-refractivity contribution is 6.05. The average Bonchev–Trinajstić information content (AvgIpc) is 2.73. The van der Waals surface area contributed by atoms with Crippen molar-refractivity contribution in [1.29, 1.82) is 0 Å². The number of nitrogens with one attached hydrogen (secondary N) is 1. The molecule has 0 saturated carbocycles.